The monoisotopic (exact) mass is 240 g/mol. The molecule has 0 aromatic heterocycles. The number of nitrogens with two attached hydrogens (primary N) is 1. The Bertz CT molecular complexity index is 246. The summed E-state index contributed by atoms with van der Waals surface area (Å²) in [7, 11) is 0. The molecule has 2 fully saturated rings. The van der Waals surface area contributed by atoms with Crippen molar-refractivity contribution >= 4 is 0 Å². The van der Waals surface area contributed by atoms with Gasteiger partial charge in [-0.25, -0.2) is 0 Å². The zero-order valence-corrected chi connectivity index (χ0v) is 11.3. The van der Waals surface area contributed by atoms with Crippen molar-refractivity contribution < 1.29 is 5.11 Å². The van der Waals surface area contributed by atoms with Crippen molar-refractivity contribution in [3.05, 3.63) is 0 Å². The molecule has 5 unspecified atom stereocenters. The summed E-state index contributed by atoms with van der Waals surface area (Å²) in [5.41, 5.74) is 6.24. The standard InChI is InChI=1S/C14H28N2O/c1-10-3-4-13(15)12(7-10)9-16-6-5-14(17)11(2)8-16/h10-14,17H,3-9,15H2,1-2H3. The number of rotatable bonds is 2. The van der Waals surface area contributed by atoms with Crippen LogP contribution in [0.3, 0.4) is 0 Å². The third-order valence-corrected chi connectivity index (χ3v) is 4.74. The fraction of sp³-hybridized carbons (Fsp3) is 1.00. The lowest BCUT2D eigenvalue weighted by atomic mass is 9.78. The van der Waals surface area contributed by atoms with Crippen molar-refractivity contribution in [2.24, 2.45) is 23.5 Å². The van der Waals surface area contributed by atoms with E-state index in [1.807, 2.05) is 0 Å². The molecule has 2 rings (SSSR count). The van der Waals surface area contributed by atoms with Gasteiger partial charge < -0.3 is 15.7 Å². The molecule has 0 amide bonds. The van der Waals surface area contributed by atoms with Crippen LogP contribution in [-0.4, -0.2) is 41.8 Å². The molecule has 3 nitrogen and oxygen atoms in total. The van der Waals surface area contributed by atoms with E-state index in [0.29, 0.717) is 17.9 Å². The van der Waals surface area contributed by atoms with Crippen LogP contribution in [0.25, 0.3) is 0 Å². The highest BCUT2D eigenvalue weighted by Crippen LogP contribution is 2.29. The van der Waals surface area contributed by atoms with Crippen LogP contribution >= 0.6 is 0 Å². The number of piperidine rings is 1. The molecule has 3 N–H and O–H groups in total. The average molecular weight is 240 g/mol. The first kappa shape index (κ1) is 13.3. The first-order chi connectivity index (χ1) is 8.06. The topological polar surface area (TPSA) is 49.5 Å². The van der Waals surface area contributed by atoms with E-state index < -0.39 is 0 Å². The van der Waals surface area contributed by atoms with E-state index in [1.165, 1.54) is 19.3 Å². The van der Waals surface area contributed by atoms with E-state index in [1.54, 1.807) is 0 Å². The number of hydrogen-bond acceptors (Lipinski definition) is 3. The summed E-state index contributed by atoms with van der Waals surface area (Å²) in [5, 5.41) is 9.74. The normalized spacial score (nSPS) is 44.8. The molecule has 1 aliphatic carbocycles. The van der Waals surface area contributed by atoms with E-state index in [-0.39, 0.29) is 6.10 Å². The molecular formula is C14H28N2O. The zero-order chi connectivity index (χ0) is 12.4. The third kappa shape index (κ3) is 3.43. The van der Waals surface area contributed by atoms with Gasteiger partial charge in [0, 0.05) is 25.7 Å². The quantitative estimate of drug-likeness (QED) is 0.768. The maximum Gasteiger partial charge on any atom is 0.0590 e. The molecule has 0 aromatic carbocycles. The summed E-state index contributed by atoms with van der Waals surface area (Å²) in [6, 6.07) is 0.397. The Morgan fingerprint density at radius 1 is 1.24 bits per heavy atom. The number of hydrogen-bond donors (Lipinski definition) is 2. The molecule has 0 bridgehead atoms. The van der Waals surface area contributed by atoms with Gasteiger partial charge in [0.2, 0.25) is 0 Å². The smallest absolute Gasteiger partial charge is 0.0590 e. The summed E-state index contributed by atoms with van der Waals surface area (Å²) >= 11 is 0. The van der Waals surface area contributed by atoms with E-state index in [4.69, 9.17) is 5.73 Å². The Balaban J connectivity index is 1.83. The van der Waals surface area contributed by atoms with E-state index in [2.05, 4.69) is 18.7 Å². The number of aliphatic hydroxyl groups is 1. The van der Waals surface area contributed by atoms with Crippen molar-refractivity contribution in [2.75, 3.05) is 19.6 Å². The maximum absolute atomic E-state index is 9.74. The second kappa shape index (κ2) is 5.68. The molecule has 1 saturated heterocycles. The van der Waals surface area contributed by atoms with Crippen LogP contribution in [0.15, 0.2) is 0 Å². The van der Waals surface area contributed by atoms with Crippen LogP contribution in [-0.2, 0) is 0 Å². The summed E-state index contributed by atoms with van der Waals surface area (Å²) in [6.07, 6.45) is 4.61. The van der Waals surface area contributed by atoms with E-state index in [9.17, 15) is 5.11 Å². The molecule has 0 radical (unpaired) electrons. The summed E-state index contributed by atoms with van der Waals surface area (Å²) in [5.74, 6) is 1.93. The van der Waals surface area contributed by atoms with Gasteiger partial charge in [0.15, 0.2) is 0 Å². The van der Waals surface area contributed by atoms with Crippen molar-refractivity contribution in [3.8, 4) is 0 Å². The SMILES string of the molecule is CC1CCC(N)C(CN2CCC(O)C(C)C2)C1. The molecule has 1 heterocycles. The van der Waals surface area contributed by atoms with Gasteiger partial charge in [0.05, 0.1) is 6.10 Å². The summed E-state index contributed by atoms with van der Waals surface area (Å²) < 4.78 is 0. The van der Waals surface area contributed by atoms with Crippen molar-refractivity contribution in [2.45, 2.75) is 51.7 Å². The molecule has 2 aliphatic rings. The Kier molecular flexibility index (Phi) is 4.45. The van der Waals surface area contributed by atoms with E-state index >= 15 is 0 Å². The minimum absolute atomic E-state index is 0.0924. The third-order valence-electron chi connectivity index (χ3n) is 4.74. The van der Waals surface area contributed by atoms with Crippen LogP contribution in [0.5, 0.6) is 0 Å². The van der Waals surface area contributed by atoms with Gasteiger partial charge in [-0.05, 0) is 43.4 Å². The van der Waals surface area contributed by atoms with Gasteiger partial charge in [0.1, 0.15) is 0 Å². The average Bonchev–Trinajstić information content (AvgIpc) is 2.29. The first-order valence-corrected chi connectivity index (χ1v) is 7.22. The number of likely N-dealkylation sites (tertiary alicyclic amines) is 1. The predicted molar refractivity (Wildman–Crippen MR) is 70.7 cm³/mol. The second-order valence-electron chi connectivity index (χ2n) is 6.44. The second-order valence-corrected chi connectivity index (χ2v) is 6.44. The fourth-order valence-corrected chi connectivity index (χ4v) is 3.45. The molecular weight excluding hydrogens is 212 g/mol. The largest absolute Gasteiger partial charge is 0.393 e. The Labute approximate surface area is 105 Å². The molecule has 1 aliphatic heterocycles. The summed E-state index contributed by atoms with van der Waals surface area (Å²) in [4.78, 5) is 2.51. The van der Waals surface area contributed by atoms with Crippen LogP contribution in [0.4, 0.5) is 0 Å². The summed E-state index contributed by atoms with van der Waals surface area (Å²) in [6.45, 7) is 7.73. The van der Waals surface area contributed by atoms with Gasteiger partial charge in [0.25, 0.3) is 0 Å². The van der Waals surface area contributed by atoms with Crippen molar-refractivity contribution in [1.29, 1.82) is 0 Å². The Morgan fingerprint density at radius 2 is 2.00 bits per heavy atom. The molecule has 5 atom stereocenters. The molecule has 0 aromatic rings. The van der Waals surface area contributed by atoms with Gasteiger partial charge in [-0.3, -0.25) is 0 Å². The number of aliphatic hydroxyl groups excluding tert-OH is 1. The van der Waals surface area contributed by atoms with Gasteiger partial charge in [-0.15, -0.1) is 0 Å². The lowest BCUT2D eigenvalue weighted by molar-refractivity contribution is 0.0233. The minimum atomic E-state index is -0.0924. The highest BCUT2D eigenvalue weighted by atomic mass is 16.3. The lowest BCUT2D eigenvalue weighted by Gasteiger charge is -2.40. The molecule has 0 spiro atoms. The van der Waals surface area contributed by atoms with Crippen LogP contribution in [0.2, 0.25) is 0 Å². The number of nitrogens with zero attached hydrogens (tertiary/aromatic N) is 1. The van der Waals surface area contributed by atoms with Gasteiger partial charge in [-0.2, -0.15) is 0 Å². The molecule has 1 saturated carbocycles. The fourth-order valence-electron chi connectivity index (χ4n) is 3.45. The van der Waals surface area contributed by atoms with Gasteiger partial charge >= 0.3 is 0 Å². The minimum Gasteiger partial charge on any atom is -0.393 e. The Morgan fingerprint density at radius 3 is 2.71 bits per heavy atom. The highest BCUT2D eigenvalue weighted by Gasteiger charge is 2.30. The van der Waals surface area contributed by atoms with Crippen molar-refractivity contribution in [3.63, 3.8) is 0 Å². The molecule has 17 heavy (non-hydrogen) atoms. The van der Waals surface area contributed by atoms with Crippen molar-refractivity contribution in [1.82, 2.24) is 4.90 Å². The Hall–Kier alpha value is -0.120. The highest BCUT2D eigenvalue weighted by molar-refractivity contribution is 4.85. The zero-order valence-electron chi connectivity index (χ0n) is 11.3. The van der Waals surface area contributed by atoms with E-state index in [0.717, 1.165) is 32.0 Å². The van der Waals surface area contributed by atoms with Crippen LogP contribution < -0.4 is 5.73 Å². The van der Waals surface area contributed by atoms with Crippen LogP contribution in [0, 0.1) is 17.8 Å². The van der Waals surface area contributed by atoms with Crippen LogP contribution in [0.1, 0.15) is 39.5 Å². The lowest BCUT2D eigenvalue weighted by Crippen LogP contribution is -2.48. The van der Waals surface area contributed by atoms with Gasteiger partial charge in [-0.1, -0.05) is 13.8 Å². The first-order valence-electron chi connectivity index (χ1n) is 7.22. The maximum atomic E-state index is 9.74. The molecule has 100 valence electrons. The molecule has 3 heteroatoms. The predicted octanol–water partition coefficient (Wildman–Crippen LogP) is 1.45.